The first kappa shape index (κ1) is 9.78. The Hall–Kier alpha value is -0.760. The van der Waals surface area contributed by atoms with Crippen LogP contribution in [0, 0.1) is 13.8 Å². The SMILES string of the molecule is Cc1ccc(C)n1CCN1CCCC1. The van der Waals surface area contributed by atoms with Crippen LogP contribution in [0.1, 0.15) is 24.2 Å². The number of hydrogen-bond acceptors (Lipinski definition) is 1. The molecule has 0 aromatic carbocycles. The van der Waals surface area contributed by atoms with Crippen molar-refractivity contribution in [3.63, 3.8) is 0 Å². The molecule has 1 aliphatic heterocycles. The van der Waals surface area contributed by atoms with Gasteiger partial charge >= 0.3 is 0 Å². The first-order chi connectivity index (χ1) is 6.77. The van der Waals surface area contributed by atoms with Crippen molar-refractivity contribution in [2.75, 3.05) is 19.6 Å². The summed E-state index contributed by atoms with van der Waals surface area (Å²) in [6.45, 7) is 9.37. The molecular weight excluding hydrogens is 172 g/mol. The minimum Gasteiger partial charge on any atom is -0.348 e. The van der Waals surface area contributed by atoms with E-state index < -0.39 is 0 Å². The van der Waals surface area contributed by atoms with Crippen molar-refractivity contribution in [2.45, 2.75) is 33.2 Å². The fourth-order valence-corrected chi connectivity index (χ4v) is 2.30. The van der Waals surface area contributed by atoms with Crippen molar-refractivity contribution in [3.8, 4) is 0 Å². The molecule has 78 valence electrons. The van der Waals surface area contributed by atoms with E-state index in [4.69, 9.17) is 0 Å². The quantitative estimate of drug-likeness (QED) is 0.713. The molecule has 1 saturated heterocycles. The van der Waals surface area contributed by atoms with E-state index in [0.29, 0.717) is 0 Å². The first-order valence-corrected chi connectivity index (χ1v) is 5.62. The highest BCUT2D eigenvalue weighted by atomic mass is 15.2. The molecule has 1 fully saturated rings. The Labute approximate surface area is 86.5 Å². The number of aryl methyl sites for hydroxylation is 2. The van der Waals surface area contributed by atoms with Crippen molar-refractivity contribution in [2.24, 2.45) is 0 Å². The third-order valence-corrected chi connectivity index (χ3v) is 3.26. The molecule has 0 unspecified atom stereocenters. The van der Waals surface area contributed by atoms with Crippen molar-refractivity contribution in [3.05, 3.63) is 23.5 Å². The molecular formula is C12H20N2. The summed E-state index contributed by atoms with van der Waals surface area (Å²) in [5.41, 5.74) is 2.78. The number of rotatable bonds is 3. The monoisotopic (exact) mass is 192 g/mol. The van der Waals surface area contributed by atoms with Gasteiger partial charge in [0.25, 0.3) is 0 Å². The van der Waals surface area contributed by atoms with Gasteiger partial charge in [0.05, 0.1) is 0 Å². The molecule has 2 heterocycles. The van der Waals surface area contributed by atoms with Crippen LogP contribution in [0.2, 0.25) is 0 Å². The second kappa shape index (κ2) is 4.18. The first-order valence-electron chi connectivity index (χ1n) is 5.62. The molecule has 14 heavy (non-hydrogen) atoms. The number of likely N-dealkylation sites (tertiary alicyclic amines) is 1. The third-order valence-electron chi connectivity index (χ3n) is 3.26. The molecule has 0 aliphatic carbocycles. The van der Waals surface area contributed by atoms with Gasteiger partial charge in [0.2, 0.25) is 0 Å². The second-order valence-electron chi connectivity index (χ2n) is 4.32. The van der Waals surface area contributed by atoms with Crippen LogP contribution in [0.25, 0.3) is 0 Å². The summed E-state index contributed by atoms with van der Waals surface area (Å²) < 4.78 is 2.42. The maximum atomic E-state index is 2.57. The summed E-state index contributed by atoms with van der Waals surface area (Å²) in [6, 6.07) is 4.42. The predicted molar refractivity (Wildman–Crippen MR) is 59.6 cm³/mol. The van der Waals surface area contributed by atoms with E-state index in [1.807, 2.05) is 0 Å². The Kier molecular flexibility index (Phi) is 2.92. The standard InChI is InChI=1S/C12H20N2/c1-11-5-6-12(2)14(11)10-9-13-7-3-4-8-13/h5-6H,3-4,7-10H2,1-2H3. The zero-order chi connectivity index (χ0) is 9.97. The van der Waals surface area contributed by atoms with Crippen LogP contribution in [0.5, 0.6) is 0 Å². The molecule has 0 radical (unpaired) electrons. The van der Waals surface area contributed by atoms with E-state index in [-0.39, 0.29) is 0 Å². The van der Waals surface area contributed by atoms with E-state index in [1.165, 1.54) is 43.9 Å². The molecule has 2 nitrogen and oxygen atoms in total. The third kappa shape index (κ3) is 2.01. The minimum atomic E-state index is 1.16. The Morgan fingerprint density at radius 1 is 1.00 bits per heavy atom. The maximum Gasteiger partial charge on any atom is 0.0352 e. The van der Waals surface area contributed by atoms with E-state index in [1.54, 1.807) is 0 Å². The fourth-order valence-electron chi connectivity index (χ4n) is 2.30. The van der Waals surface area contributed by atoms with Gasteiger partial charge in [-0.3, -0.25) is 0 Å². The van der Waals surface area contributed by atoms with Gasteiger partial charge in [-0.05, 0) is 51.9 Å². The largest absolute Gasteiger partial charge is 0.348 e. The molecule has 1 aromatic heterocycles. The van der Waals surface area contributed by atoms with Crippen LogP contribution in [0.15, 0.2) is 12.1 Å². The van der Waals surface area contributed by atoms with Gasteiger partial charge in [-0.2, -0.15) is 0 Å². The minimum absolute atomic E-state index is 1.16. The molecule has 1 aromatic rings. The van der Waals surface area contributed by atoms with Crippen molar-refractivity contribution in [1.29, 1.82) is 0 Å². The lowest BCUT2D eigenvalue weighted by molar-refractivity contribution is 0.320. The van der Waals surface area contributed by atoms with E-state index in [0.717, 1.165) is 6.54 Å². The molecule has 0 atom stereocenters. The normalized spacial score (nSPS) is 17.9. The smallest absolute Gasteiger partial charge is 0.0352 e. The van der Waals surface area contributed by atoms with E-state index in [9.17, 15) is 0 Å². The lowest BCUT2D eigenvalue weighted by atomic mass is 10.4. The highest BCUT2D eigenvalue weighted by molar-refractivity contribution is 5.13. The van der Waals surface area contributed by atoms with Crippen LogP contribution in [-0.2, 0) is 6.54 Å². The van der Waals surface area contributed by atoms with Gasteiger partial charge in [0, 0.05) is 24.5 Å². The number of nitrogens with zero attached hydrogens (tertiary/aromatic N) is 2. The van der Waals surface area contributed by atoms with Crippen LogP contribution in [-0.4, -0.2) is 29.1 Å². The summed E-state index contributed by atoms with van der Waals surface area (Å²) in [4.78, 5) is 2.57. The predicted octanol–water partition coefficient (Wildman–Crippen LogP) is 2.20. The molecule has 0 N–H and O–H groups in total. The molecule has 0 bridgehead atoms. The molecule has 0 amide bonds. The van der Waals surface area contributed by atoms with Crippen molar-refractivity contribution in [1.82, 2.24) is 9.47 Å². The Morgan fingerprint density at radius 2 is 1.57 bits per heavy atom. The lowest BCUT2D eigenvalue weighted by Gasteiger charge is -2.16. The van der Waals surface area contributed by atoms with Crippen molar-refractivity contribution >= 4 is 0 Å². The van der Waals surface area contributed by atoms with Crippen LogP contribution in [0.3, 0.4) is 0 Å². The molecule has 0 spiro atoms. The fraction of sp³-hybridized carbons (Fsp3) is 0.667. The topological polar surface area (TPSA) is 8.17 Å². The summed E-state index contributed by atoms with van der Waals surface area (Å²) in [6.07, 6.45) is 2.79. The van der Waals surface area contributed by atoms with Gasteiger partial charge in [0.1, 0.15) is 0 Å². The lowest BCUT2D eigenvalue weighted by Crippen LogP contribution is -2.24. The van der Waals surface area contributed by atoms with Gasteiger partial charge in [-0.15, -0.1) is 0 Å². The average Bonchev–Trinajstić information content (AvgIpc) is 2.76. The van der Waals surface area contributed by atoms with Crippen LogP contribution < -0.4 is 0 Å². The highest BCUT2D eigenvalue weighted by Gasteiger charge is 2.11. The summed E-state index contributed by atoms with van der Waals surface area (Å²) in [5.74, 6) is 0. The summed E-state index contributed by atoms with van der Waals surface area (Å²) >= 11 is 0. The molecule has 2 heteroatoms. The zero-order valence-corrected chi connectivity index (χ0v) is 9.29. The molecule has 0 saturated carbocycles. The summed E-state index contributed by atoms with van der Waals surface area (Å²) in [5, 5.41) is 0. The maximum absolute atomic E-state index is 2.57. The molecule has 1 aliphatic rings. The zero-order valence-electron chi connectivity index (χ0n) is 9.29. The average molecular weight is 192 g/mol. The number of hydrogen-bond donors (Lipinski definition) is 0. The Bertz CT molecular complexity index is 276. The van der Waals surface area contributed by atoms with Gasteiger partial charge in [-0.25, -0.2) is 0 Å². The number of aromatic nitrogens is 1. The van der Waals surface area contributed by atoms with Gasteiger partial charge in [-0.1, -0.05) is 0 Å². The van der Waals surface area contributed by atoms with Crippen molar-refractivity contribution < 1.29 is 0 Å². The van der Waals surface area contributed by atoms with Crippen LogP contribution in [0.4, 0.5) is 0 Å². The highest BCUT2D eigenvalue weighted by Crippen LogP contribution is 2.10. The molecule has 2 rings (SSSR count). The van der Waals surface area contributed by atoms with Gasteiger partial charge < -0.3 is 9.47 Å². The van der Waals surface area contributed by atoms with E-state index in [2.05, 4.69) is 35.4 Å². The van der Waals surface area contributed by atoms with Gasteiger partial charge in [0.15, 0.2) is 0 Å². The Morgan fingerprint density at radius 3 is 2.14 bits per heavy atom. The van der Waals surface area contributed by atoms with E-state index >= 15 is 0 Å². The van der Waals surface area contributed by atoms with Crippen LogP contribution >= 0.6 is 0 Å². The Balaban J connectivity index is 1.90. The second-order valence-corrected chi connectivity index (χ2v) is 4.32. The summed E-state index contributed by atoms with van der Waals surface area (Å²) in [7, 11) is 0.